The number of sulfonamides is 1. The third-order valence-electron chi connectivity index (χ3n) is 4.86. The van der Waals surface area contributed by atoms with Gasteiger partial charge in [0, 0.05) is 23.9 Å². The Labute approximate surface area is 187 Å². The lowest BCUT2D eigenvalue weighted by Crippen LogP contribution is -2.35. The predicted octanol–water partition coefficient (Wildman–Crippen LogP) is 4.70. The molecule has 2 heterocycles. The van der Waals surface area contributed by atoms with Gasteiger partial charge in [0.1, 0.15) is 9.23 Å². The van der Waals surface area contributed by atoms with E-state index in [9.17, 15) is 23.3 Å². The van der Waals surface area contributed by atoms with E-state index in [-0.39, 0.29) is 20.5 Å². The van der Waals surface area contributed by atoms with Crippen molar-refractivity contribution in [2.24, 2.45) is 0 Å². The lowest BCUT2D eigenvalue weighted by molar-refractivity contribution is -0.384. The van der Waals surface area contributed by atoms with E-state index in [1.165, 1.54) is 16.4 Å². The van der Waals surface area contributed by atoms with Gasteiger partial charge < -0.3 is 5.32 Å². The summed E-state index contributed by atoms with van der Waals surface area (Å²) in [6, 6.07) is 12.1. The van der Waals surface area contributed by atoms with Crippen LogP contribution in [0, 0.1) is 10.1 Å². The van der Waals surface area contributed by atoms with Crippen LogP contribution in [0.15, 0.2) is 58.1 Å². The van der Waals surface area contributed by atoms with Crippen LogP contribution in [0.5, 0.6) is 0 Å². The molecule has 1 aliphatic heterocycles. The number of fused-ring (bicyclic) bond motifs is 1. The lowest BCUT2D eigenvalue weighted by atomic mass is 10.0. The molecular formula is C20H16ClN3O5S2. The van der Waals surface area contributed by atoms with Crippen LogP contribution in [0.2, 0.25) is 5.02 Å². The fourth-order valence-corrected chi connectivity index (χ4v) is 6.21. The summed E-state index contributed by atoms with van der Waals surface area (Å²) in [5.41, 5.74) is 1.46. The molecule has 0 unspecified atom stereocenters. The summed E-state index contributed by atoms with van der Waals surface area (Å²) in [5, 5.41) is 15.4. The summed E-state index contributed by atoms with van der Waals surface area (Å²) in [6.45, 7) is 0.341. The standard InChI is InChI=1S/C20H16ClN3O5S2/c21-16-8-6-14(11-18(16)24(26)27)20(25)22-15-7-5-13-3-1-9-23(17(13)12-15)31(28,29)19-4-2-10-30-19/h2,4-8,10-12H,1,3,9H2,(H,22,25). The number of hydrogen-bond acceptors (Lipinski definition) is 6. The van der Waals surface area contributed by atoms with Crippen LogP contribution in [-0.2, 0) is 16.4 Å². The Hall–Kier alpha value is -2.95. The van der Waals surface area contributed by atoms with E-state index in [0.29, 0.717) is 24.3 Å². The highest BCUT2D eigenvalue weighted by Crippen LogP contribution is 2.35. The van der Waals surface area contributed by atoms with E-state index in [0.717, 1.165) is 29.4 Å². The highest BCUT2D eigenvalue weighted by atomic mass is 35.5. The number of benzene rings is 2. The van der Waals surface area contributed by atoms with Crippen molar-refractivity contribution in [1.82, 2.24) is 0 Å². The van der Waals surface area contributed by atoms with E-state index in [2.05, 4.69) is 5.32 Å². The minimum absolute atomic E-state index is 0.0650. The second kappa shape index (κ2) is 8.29. The number of hydrogen-bond donors (Lipinski definition) is 1. The maximum absolute atomic E-state index is 13.1. The molecule has 0 fully saturated rings. The van der Waals surface area contributed by atoms with Crippen molar-refractivity contribution in [2.45, 2.75) is 17.1 Å². The maximum Gasteiger partial charge on any atom is 0.288 e. The topological polar surface area (TPSA) is 110 Å². The van der Waals surface area contributed by atoms with Crippen LogP contribution < -0.4 is 9.62 Å². The van der Waals surface area contributed by atoms with Gasteiger partial charge in [0.05, 0.1) is 10.6 Å². The van der Waals surface area contributed by atoms with Crippen LogP contribution in [0.3, 0.4) is 0 Å². The molecule has 1 aromatic heterocycles. The van der Waals surface area contributed by atoms with Gasteiger partial charge in [-0.15, -0.1) is 11.3 Å². The third-order valence-corrected chi connectivity index (χ3v) is 8.37. The second-order valence-corrected chi connectivity index (χ2v) is 10.3. The number of amides is 1. The summed E-state index contributed by atoms with van der Waals surface area (Å²) >= 11 is 6.95. The Morgan fingerprint density at radius 2 is 2.00 bits per heavy atom. The summed E-state index contributed by atoms with van der Waals surface area (Å²) in [5.74, 6) is -0.566. The summed E-state index contributed by atoms with van der Waals surface area (Å²) in [4.78, 5) is 23.0. The first-order valence-electron chi connectivity index (χ1n) is 9.22. The quantitative estimate of drug-likeness (QED) is 0.423. The van der Waals surface area contributed by atoms with Crippen molar-refractivity contribution in [3.8, 4) is 0 Å². The van der Waals surface area contributed by atoms with E-state index in [1.54, 1.807) is 35.7 Å². The molecular weight excluding hydrogens is 462 g/mol. The number of carbonyl (C=O) groups is 1. The van der Waals surface area contributed by atoms with Crippen molar-refractivity contribution < 1.29 is 18.1 Å². The van der Waals surface area contributed by atoms with Crippen LogP contribution in [0.1, 0.15) is 22.3 Å². The average molecular weight is 478 g/mol. The molecule has 1 aliphatic rings. The van der Waals surface area contributed by atoms with Crippen LogP contribution in [-0.4, -0.2) is 25.8 Å². The molecule has 31 heavy (non-hydrogen) atoms. The number of nitro benzene ring substituents is 1. The number of nitro groups is 1. The first-order valence-corrected chi connectivity index (χ1v) is 11.9. The molecule has 8 nitrogen and oxygen atoms in total. The van der Waals surface area contributed by atoms with Gasteiger partial charge in [0.2, 0.25) is 0 Å². The zero-order chi connectivity index (χ0) is 22.2. The van der Waals surface area contributed by atoms with Crippen molar-refractivity contribution in [3.05, 3.63) is 80.2 Å². The monoisotopic (exact) mass is 477 g/mol. The Morgan fingerprint density at radius 1 is 1.19 bits per heavy atom. The number of thiophene rings is 1. The largest absolute Gasteiger partial charge is 0.322 e. The molecule has 0 aliphatic carbocycles. The molecule has 1 N–H and O–H groups in total. The van der Waals surface area contributed by atoms with E-state index in [1.807, 2.05) is 0 Å². The number of nitrogens with one attached hydrogen (secondary N) is 1. The molecule has 0 radical (unpaired) electrons. The molecule has 1 amide bonds. The maximum atomic E-state index is 13.1. The zero-order valence-corrected chi connectivity index (χ0v) is 18.3. The Bertz CT molecular complexity index is 1280. The van der Waals surface area contributed by atoms with E-state index >= 15 is 0 Å². The molecule has 4 rings (SSSR count). The highest BCUT2D eigenvalue weighted by Gasteiger charge is 2.30. The summed E-state index contributed by atoms with van der Waals surface area (Å²) in [7, 11) is -3.70. The van der Waals surface area contributed by atoms with Gasteiger partial charge in [0.15, 0.2) is 0 Å². The molecule has 0 spiro atoms. The molecule has 160 valence electrons. The number of anilines is 2. The van der Waals surface area contributed by atoms with Gasteiger partial charge in [0.25, 0.3) is 21.6 Å². The molecule has 3 aromatic rings. The summed E-state index contributed by atoms with van der Waals surface area (Å²) in [6.07, 6.45) is 1.42. The fourth-order valence-electron chi connectivity index (χ4n) is 3.38. The minimum Gasteiger partial charge on any atom is -0.322 e. The van der Waals surface area contributed by atoms with Crippen LogP contribution >= 0.6 is 22.9 Å². The van der Waals surface area contributed by atoms with Gasteiger partial charge in [-0.3, -0.25) is 19.2 Å². The third kappa shape index (κ3) is 4.14. The minimum atomic E-state index is -3.70. The highest BCUT2D eigenvalue weighted by molar-refractivity contribution is 7.94. The number of nitrogens with zero attached hydrogens (tertiary/aromatic N) is 2. The number of carbonyl (C=O) groups excluding carboxylic acids is 1. The van der Waals surface area contributed by atoms with Gasteiger partial charge in [-0.2, -0.15) is 0 Å². The Kier molecular flexibility index (Phi) is 5.69. The van der Waals surface area contributed by atoms with Gasteiger partial charge in [-0.25, -0.2) is 8.42 Å². The van der Waals surface area contributed by atoms with Gasteiger partial charge >= 0.3 is 0 Å². The van der Waals surface area contributed by atoms with Gasteiger partial charge in [-0.1, -0.05) is 23.7 Å². The predicted molar refractivity (Wildman–Crippen MR) is 120 cm³/mol. The molecule has 2 aromatic carbocycles. The molecule has 0 bridgehead atoms. The molecule has 11 heteroatoms. The molecule has 0 saturated heterocycles. The second-order valence-electron chi connectivity index (χ2n) is 6.83. The first kappa shape index (κ1) is 21.3. The molecule has 0 atom stereocenters. The fraction of sp³-hybridized carbons (Fsp3) is 0.150. The average Bonchev–Trinajstić information content (AvgIpc) is 3.29. The van der Waals surface area contributed by atoms with Crippen molar-refractivity contribution >= 4 is 55.9 Å². The Morgan fingerprint density at radius 3 is 2.71 bits per heavy atom. The number of aryl methyl sites for hydroxylation is 1. The van der Waals surface area contributed by atoms with Crippen molar-refractivity contribution in [1.29, 1.82) is 0 Å². The van der Waals surface area contributed by atoms with E-state index in [4.69, 9.17) is 11.6 Å². The number of rotatable bonds is 5. The lowest BCUT2D eigenvalue weighted by Gasteiger charge is -2.30. The normalized spacial score (nSPS) is 13.5. The van der Waals surface area contributed by atoms with E-state index < -0.39 is 20.9 Å². The van der Waals surface area contributed by atoms with Crippen LogP contribution in [0.25, 0.3) is 0 Å². The Balaban J connectivity index is 1.64. The van der Waals surface area contributed by atoms with Crippen molar-refractivity contribution in [2.75, 3.05) is 16.2 Å². The first-order chi connectivity index (χ1) is 14.8. The zero-order valence-electron chi connectivity index (χ0n) is 15.9. The SMILES string of the molecule is O=C(Nc1ccc2c(c1)N(S(=O)(=O)c1cccs1)CCC2)c1ccc(Cl)c([N+](=O)[O-])c1. The van der Waals surface area contributed by atoms with Gasteiger partial charge in [-0.05, 0) is 54.1 Å². The molecule has 0 saturated carbocycles. The number of halogens is 1. The van der Waals surface area contributed by atoms with Crippen LogP contribution in [0.4, 0.5) is 17.1 Å². The van der Waals surface area contributed by atoms with Crippen molar-refractivity contribution in [3.63, 3.8) is 0 Å². The summed E-state index contributed by atoms with van der Waals surface area (Å²) < 4.78 is 27.8. The smallest absolute Gasteiger partial charge is 0.288 e.